The lowest BCUT2D eigenvalue weighted by molar-refractivity contribution is 0.0690. The molecule has 36 heavy (non-hydrogen) atoms. The number of anilines is 1. The largest absolute Gasteiger partial charge is 0.497 e. The standard InChI is InChI=1S/C29H27ClN2O4/c1-3-36-28(18-31-26-14-13-24(35-2)17-25(26)29(33)34)21-6-4-5-19(15-21)7-11-23-12-9-20-8-10-22(30)16-27(20)32-23/h4-17,28,31H,3,18H2,1-2H3,(H,33,34)/b11-7+/t28-/m0/s1. The van der Waals surface area contributed by atoms with Gasteiger partial charge < -0.3 is 19.9 Å². The summed E-state index contributed by atoms with van der Waals surface area (Å²) in [4.78, 5) is 16.4. The van der Waals surface area contributed by atoms with Gasteiger partial charge in [0.15, 0.2) is 0 Å². The number of nitrogens with one attached hydrogen (secondary N) is 1. The van der Waals surface area contributed by atoms with Crippen LogP contribution >= 0.6 is 11.6 Å². The van der Waals surface area contributed by atoms with Gasteiger partial charge in [-0.2, -0.15) is 0 Å². The highest BCUT2D eigenvalue weighted by Gasteiger charge is 2.16. The summed E-state index contributed by atoms with van der Waals surface area (Å²) in [7, 11) is 1.51. The number of carboxylic acids is 1. The molecule has 1 aromatic heterocycles. The minimum atomic E-state index is -1.03. The van der Waals surface area contributed by atoms with Crippen LogP contribution in [0.4, 0.5) is 5.69 Å². The van der Waals surface area contributed by atoms with E-state index >= 15 is 0 Å². The Balaban J connectivity index is 1.52. The third kappa shape index (κ3) is 6.22. The van der Waals surface area contributed by atoms with E-state index in [9.17, 15) is 9.90 Å². The molecule has 0 aliphatic heterocycles. The van der Waals surface area contributed by atoms with Crippen molar-refractivity contribution in [3.8, 4) is 5.75 Å². The van der Waals surface area contributed by atoms with Crippen LogP contribution in [0.25, 0.3) is 23.1 Å². The van der Waals surface area contributed by atoms with Gasteiger partial charge >= 0.3 is 5.97 Å². The minimum Gasteiger partial charge on any atom is -0.497 e. The Labute approximate surface area is 215 Å². The summed E-state index contributed by atoms with van der Waals surface area (Å²) in [6.07, 6.45) is 3.70. The number of hydrogen-bond donors (Lipinski definition) is 2. The third-order valence-electron chi connectivity index (χ3n) is 5.71. The minimum absolute atomic E-state index is 0.144. The van der Waals surface area contributed by atoms with Crippen molar-refractivity contribution in [3.05, 3.63) is 100 Å². The Bertz CT molecular complexity index is 1400. The van der Waals surface area contributed by atoms with Gasteiger partial charge in [-0.1, -0.05) is 48.0 Å². The van der Waals surface area contributed by atoms with E-state index in [-0.39, 0.29) is 11.7 Å². The van der Waals surface area contributed by atoms with Gasteiger partial charge in [-0.25, -0.2) is 9.78 Å². The van der Waals surface area contributed by atoms with Crippen molar-refractivity contribution in [2.75, 3.05) is 25.6 Å². The highest BCUT2D eigenvalue weighted by Crippen LogP contribution is 2.25. The maximum atomic E-state index is 11.7. The third-order valence-corrected chi connectivity index (χ3v) is 5.94. The molecule has 2 N–H and O–H groups in total. The molecule has 0 fully saturated rings. The van der Waals surface area contributed by atoms with Crippen LogP contribution in [0.5, 0.6) is 5.75 Å². The van der Waals surface area contributed by atoms with Crippen molar-refractivity contribution in [3.63, 3.8) is 0 Å². The number of carboxylic acid groups (broad SMARTS) is 1. The maximum absolute atomic E-state index is 11.7. The van der Waals surface area contributed by atoms with E-state index in [4.69, 9.17) is 21.1 Å². The number of benzene rings is 3. The normalized spacial score (nSPS) is 12.1. The van der Waals surface area contributed by atoms with Gasteiger partial charge in [0, 0.05) is 29.2 Å². The molecular formula is C29H27ClN2O4. The smallest absolute Gasteiger partial charge is 0.337 e. The molecule has 0 saturated carbocycles. The second-order valence-corrected chi connectivity index (χ2v) is 8.55. The average Bonchev–Trinajstić information content (AvgIpc) is 2.89. The Morgan fingerprint density at radius 3 is 2.69 bits per heavy atom. The van der Waals surface area contributed by atoms with Crippen LogP contribution in [0.15, 0.2) is 72.8 Å². The number of carbonyl (C=O) groups is 1. The lowest BCUT2D eigenvalue weighted by atomic mass is 10.0. The Morgan fingerprint density at radius 2 is 1.92 bits per heavy atom. The number of pyridine rings is 1. The summed E-state index contributed by atoms with van der Waals surface area (Å²) in [5.74, 6) is -0.538. The van der Waals surface area contributed by atoms with Crippen molar-refractivity contribution in [1.29, 1.82) is 0 Å². The number of halogens is 1. The molecule has 0 radical (unpaired) electrons. The van der Waals surface area contributed by atoms with E-state index in [1.165, 1.54) is 13.2 Å². The molecular weight excluding hydrogens is 476 g/mol. The van der Waals surface area contributed by atoms with Gasteiger partial charge in [-0.05, 0) is 66.6 Å². The molecule has 4 rings (SSSR count). The molecule has 4 aromatic rings. The van der Waals surface area contributed by atoms with Crippen molar-refractivity contribution < 1.29 is 19.4 Å². The van der Waals surface area contributed by atoms with Crippen molar-refractivity contribution in [2.24, 2.45) is 0 Å². The summed E-state index contributed by atoms with van der Waals surface area (Å²) in [6.45, 7) is 2.86. The van der Waals surface area contributed by atoms with Crippen molar-refractivity contribution in [2.45, 2.75) is 13.0 Å². The van der Waals surface area contributed by atoms with Crippen LogP contribution in [0.2, 0.25) is 5.02 Å². The van der Waals surface area contributed by atoms with E-state index in [2.05, 4.69) is 16.4 Å². The number of methoxy groups -OCH3 is 1. The number of aromatic nitrogens is 1. The molecule has 0 spiro atoms. The van der Waals surface area contributed by atoms with Crippen LogP contribution in [0.3, 0.4) is 0 Å². The highest BCUT2D eigenvalue weighted by atomic mass is 35.5. The molecule has 6 nitrogen and oxygen atoms in total. The zero-order valence-corrected chi connectivity index (χ0v) is 20.8. The van der Waals surface area contributed by atoms with Gasteiger partial charge in [0.1, 0.15) is 5.75 Å². The van der Waals surface area contributed by atoms with Crippen LogP contribution in [0.1, 0.15) is 40.2 Å². The Hall–Kier alpha value is -3.87. The number of nitrogens with zero attached hydrogens (tertiary/aromatic N) is 1. The second-order valence-electron chi connectivity index (χ2n) is 8.12. The molecule has 0 aliphatic carbocycles. The Kier molecular flexibility index (Phi) is 8.21. The SMILES string of the molecule is CCO[C@@H](CNc1ccc(OC)cc1C(=O)O)c1cccc(/C=C/c2ccc3ccc(Cl)cc3n2)c1. The summed E-state index contributed by atoms with van der Waals surface area (Å²) in [5.41, 5.74) is 4.31. The van der Waals surface area contributed by atoms with Crippen LogP contribution < -0.4 is 10.1 Å². The summed E-state index contributed by atoms with van der Waals surface area (Å²) in [5, 5.41) is 14.5. The fourth-order valence-electron chi connectivity index (χ4n) is 3.90. The molecule has 0 saturated heterocycles. The molecule has 7 heteroatoms. The second kappa shape index (κ2) is 11.7. The molecule has 3 aromatic carbocycles. The first-order valence-corrected chi connectivity index (χ1v) is 12.0. The molecule has 0 amide bonds. The van der Waals surface area contributed by atoms with Crippen molar-refractivity contribution in [1.82, 2.24) is 4.98 Å². The number of hydrogen-bond acceptors (Lipinski definition) is 5. The van der Waals surface area contributed by atoms with Gasteiger partial charge in [-0.15, -0.1) is 0 Å². The summed E-state index contributed by atoms with van der Waals surface area (Å²) < 4.78 is 11.1. The zero-order valence-electron chi connectivity index (χ0n) is 20.1. The van der Waals surface area contributed by atoms with Crippen LogP contribution in [-0.2, 0) is 4.74 Å². The van der Waals surface area contributed by atoms with E-state index < -0.39 is 5.97 Å². The molecule has 1 atom stereocenters. The Morgan fingerprint density at radius 1 is 1.08 bits per heavy atom. The van der Waals surface area contributed by atoms with Crippen molar-refractivity contribution >= 4 is 46.3 Å². The summed E-state index contributed by atoms with van der Waals surface area (Å²) in [6, 6.07) is 22.6. The fraction of sp³-hybridized carbons (Fsp3) is 0.172. The molecule has 0 aliphatic rings. The van der Waals surface area contributed by atoms with Gasteiger partial charge in [-0.3, -0.25) is 0 Å². The zero-order chi connectivity index (χ0) is 25.5. The van der Waals surface area contributed by atoms with E-state index in [1.807, 2.05) is 67.6 Å². The topological polar surface area (TPSA) is 80.7 Å². The first kappa shape index (κ1) is 25.2. The predicted octanol–water partition coefficient (Wildman–Crippen LogP) is 6.96. The van der Waals surface area contributed by atoms with Gasteiger partial charge in [0.2, 0.25) is 0 Å². The maximum Gasteiger partial charge on any atom is 0.337 e. The highest BCUT2D eigenvalue weighted by molar-refractivity contribution is 6.31. The van der Waals surface area contributed by atoms with Gasteiger partial charge in [0.25, 0.3) is 0 Å². The molecule has 0 bridgehead atoms. The van der Waals surface area contributed by atoms with Crippen LogP contribution in [-0.4, -0.2) is 36.3 Å². The van der Waals surface area contributed by atoms with E-state index in [1.54, 1.807) is 12.1 Å². The quantitative estimate of drug-likeness (QED) is 0.244. The van der Waals surface area contributed by atoms with E-state index in [0.29, 0.717) is 29.6 Å². The number of rotatable bonds is 10. The number of ether oxygens (including phenoxy) is 2. The first-order chi connectivity index (χ1) is 17.5. The number of aromatic carboxylic acids is 1. The first-order valence-electron chi connectivity index (χ1n) is 11.6. The average molecular weight is 503 g/mol. The molecule has 0 unspecified atom stereocenters. The fourth-order valence-corrected chi connectivity index (χ4v) is 4.07. The van der Waals surface area contributed by atoms with E-state index in [0.717, 1.165) is 27.7 Å². The monoisotopic (exact) mass is 502 g/mol. The lowest BCUT2D eigenvalue weighted by Gasteiger charge is -2.20. The van der Waals surface area contributed by atoms with Gasteiger partial charge in [0.05, 0.1) is 30.0 Å². The lowest BCUT2D eigenvalue weighted by Crippen LogP contribution is -2.17. The molecule has 1 heterocycles. The predicted molar refractivity (Wildman–Crippen MR) is 145 cm³/mol. The molecule has 184 valence electrons. The number of fused-ring (bicyclic) bond motifs is 1. The summed E-state index contributed by atoms with van der Waals surface area (Å²) >= 11 is 6.11. The van der Waals surface area contributed by atoms with Crippen LogP contribution in [0, 0.1) is 0 Å².